The SMILES string of the molecule is C1CO1.ClCCl. The molecule has 0 saturated carbocycles. The lowest BCUT2D eigenvalue weighted by Crippen LogP contribution is -1.24. The third-order valence-corrected chi connectivity index (χ3v) is 0.204. The van der Waals surface area contributed by atoms with Crippen LogP contribution in [-0.2, 0) is 4.74 Å². The lowest BCUT2D eigenvalue weighted by Gasteiger charge is -1.42. The fourth-order valence-corrected chi connectivity index (χ4v) is 0. The number of epoxide rings is 1. The van der Waals surface area contributed by atoms with Gasteiger partial charge in [-0.05, 0) is 0 Å². The summed E-state index contributed by atoms with van der Waals surface area (Å²) >= 11 is 9.53. The van der Waals surface area contributed by atoms with Crippen LogP contribution in [0.3, 0.4) is 0 Å². The molecule has 0 radical (unpaired) electrons. The van der Waals surface area contributed by atoms with E-state index in [4.69, 9.17) is 23.2 Å². The van der Waals surface area contributed by atoms with E-state index in [9.17, 15) is 0 Å². The highest BCUT2D eigenvalue weighted by atomic mass is 35.5. The Morgan fingerprint density at radius 3 is 1.50 bits per heavy atom. The summed E-state index contributed by atoms with van der Waals surface area (Å²) in [4.78, 5) is 0. The molecule has 1 aliphatic rings. The Bertz CT molecular complexity index is 20.0. The second kappa shape index (κ2) is 5.54. The molecule has 0 N–H and O–H groups in total. The Morgan fingerprint density at radius 2 is 1.50 bits per heavy atom. The Kier molecular flexibility index (Phi) is 6.04. The molecule has 1 rings (SSSR count). The summed E-state index contributed by atoms with van der Waals surface area (Å²) in [6, 6.07) is 0. The van der Waals surface area contributed by atoms with Gasteiger partial charge in [0.15, 0.2) is 0 Å². The van der Waals surface area contributed by atoms with Crippen molar-refractivity contribution in [1.29, 1.82) is 0 Å². The largest absolute Gasteiger partial charge is 0.377 e. The van der Waals surface area contributed by atoms with Crippen LogP contribution < -0.4 is 0 Å². The van der Waals surface area contributed by atoms with Gasteiger partial charge in [-0.3, -0.25) is 0 Å². The van der Waals surface area contributed by atoms with Gasteiger partial charge in [0.05, 0.1) is 18.6 Å². The van der Waals surface area contributed by atoms with Crippen LogP contribution in [0.25, 0.3) is 0 Å². The zero-order chi connectivity index (χ0) is 4.83. The van der Waals surface area contributed by atoms with E-state index >= 15 is 0 Å². The summed E-state index contributed by atoms with van der Waals surface area (Å²) in [5, 5.41) is 0.194. The van der Waals surface area contributed by atoms with Gasteiger partial charge in [0.25, 0.3) is 0 Å². The zero-order valence-corrected chi connectivity index (χ0v) is 4.80. The minimum Gasteiger partial charge on any atom is -0.377 e. The Morgan fingerprint density at radius 1 is 1.33 bits per heavy atom. The predicted octanol–water partition coefficient (Wildman–Crippen LogP) is 1.44. The molecule has 0 atom stereocenters. The monoisotopic (exact) mass is 128 g/mol. The molecule has 0 aromatic rings. The molecule has 1 heterocycles. The van der Waals surface area contributed by atoms with E-state index in [1.807, 2.05) is 0 Å². The lowest BCUT2D eigenvalue weighted by molar-refractivity contribution is 0.475. The molecule has 3 heteroatoms. The standard InChI is InChI=1S/C2H4O.CH2Cl2/c1-2-3-1;2-1-3/h1-2H2;1H2. The van der Waals surface area contributed by atoms with Gasteiger partial charge < -0.3 is 4.74 Å². The number of rotatable bonds is 0. The van der Waals surface area contributed by atoms with Crippen molar-refractivity contribution in [2.24, 2.45) is 0 Å². The minimum absolute atomic E-state index is 0.194. The maximum Gasteiger partial charge on any atom is 0.0967 e. The molecule has 0 amide bonds. The maximum absolute atomic E-state index is 4.76. The Labute approximate surface area is 47.2 Å². The van der Waals surface area contributed by atoms with Gasteiger partial charge in [0.2, 0.25) is 0 Å². The molecule has 1 fully saturated rings. The third kappa shape index (κ3) is 24.0. The highest BCUT2D eigenvalue weighted by Crippen LogP contribution is 1.84. The van der Waals surface area contributed by atoms with E-state index < -0.39 is 0 Å². The van der Waals surface area contributed by atoms with Crippen molar-refractivity contribution in [3.8, 4) is 0 Å². The molecule has 0 bridgehead atoms. The number of halogens is 2. The van der Waals surface area contributed by atoms with E-state index in [-0.39, 0.29) is 5.34 Å². The minimum atomic E-state index is 0.194. The van der Waals surface area contributed by atoms with Crippen molar-refractivity contribution in [1.82, 2.24) is 0 Å². The average molecular weight is 129 g/mol. The number of hydrogen-bond donors (Lipinski definition) is 0. The molecule has 0 unspecified atom stereocenters. The first-order valence-electron chi connectivity index (χ1n) is 1.61. The van der Waals surface area contributed by atoms with Crippen LogP contribution in [0.2, 0.25) is 0 Å². The first-order valence-corrected chi connectivity index (χ1v) is 2.68. The normalized spacial score (nSPS) is 15.0. The summed E-state index contributed by atoms with van der Waals surface area (Å²) < 4.78 is 4.50. The van der Waals surface area contributed by atoms with Gasteiger partial charge in [-0.1, -0.05) is 0 Å². The summed E-state index contributed by atoms with van der Waals surface area (Å²) in [6.07, 6.45) is 0. The topological polar surface area (TPSA) is 12.5 Å². The third-order valence-electron chi connectivity index (χ3n) is 0.204. The first-order chi connectivity index (χ1) is 2.91. The molecule has 0 spiro atoms. The van der Waals surface area contributed by atoms with Crippen LogP contribution in [0, 0.1) is 0 Å². The second-order valence-corrected chi connectivity index (χ2v) is 1.52. The Balaban J connectivity index is 0.0000000833. The molecule has 38 valence electrons. The Hall–Kier alpha value is 0.540. The van der Waals surface area contributed by atoms with Crippen LogP contribution in [0.5, 0.6) is 0 Å². The summed E-state index contributed by atoms with van der Waals surface area (Å²) in [6.45, 7) is 2.00. The van der Waals surface area contributed by atoms with Crippen LogP contribution in [0.1, 0.15) is 0 Å². The fraction of sp³-hybridized carbons (Fsp3) is 1.00. The van der Waals surface area contributed by atoms with Gasteiger partial charge >= 0.3 is 0 Å². The maximum atomic E-state index is 4.76. The van der Waals surface area contributed by atoms with Gasteiger partial charge in [0.1, 0.15) is 0 Å². The lowest BCUT2D eigenvalue weighted by atomic mass is 11.0. The molecule has 1 saturated heterocycles. The summed E-state index contributed by atoms with van der Waals surface area (Å²) in [5.41, 5.74) is 0. The van der Waals surface area contributed by atoms with E-state index in [1.54, 1.807) is 0 Å². The number of ether oxygens (including phenoxy) is 1. The molecule has 6 heavy (non-hydrogen) atoms. The van der Waals surface area contributed by atoms with Crippen LogP contribution in [0.15, 0.2) is 0 Å². The molecule has 0 aliphatic carbocycles. The van der Waals surface area contributed by atoms with Crippen molar-refractivity contribution >= 4 is 23.2 Å². The zero-order valence-electron chi connectivity index (χ0n) is 3.29. The van der Waals surface area contributed by atoms with Gasteiger partial charge in [-0.15, -0.1) is 23.2 Å². The smallest absolute Gasteiger partial charge is 0.0967 e. The second-order valence-electron chi connectivity index (χ2n) is 0.713. The molecule has 0 aromatic heterocycles. The molecule has 1 nitrogen and oxygen atoms in total. The average Bonchev–Trinajstić information content (AvgIpc) is 2.11. The molecular weight excluding hydrogens is 123 g/mol. The van der Waals surface area contributed by atoms with Crippen molar-refractivity contribution < 1.29 is 4.74 Å². The molecule has 1 aliphatic heterocycles. The summed E-state index contributed by atoms with van der Waals surface area (Å²) in [7, 11) is 0. The quantitative estimate of drug-likeness (QED) is 0.356. The van der Waals surface area contributed by atoms with E-state index in [1.165, 1.54) is 0 Å². The van der Waals surface area contributed by atoms with Crippen molar-refractivity contribution in [2.75, 3.05) is 18.6 Å². The van der Waals surface area contributed by atoms with E-state index in [0.29, 0.717) is 0 Å². The fourth-order valence-electron chi connectivity index (χ4n) is 0. The van der Waals surface area contributed by atoms with Crippen LogP contribution >= 0.6 is 23.2 Å². The predicted molar refractivity (Wildman–Crippen MR) is 27.4 cm³/mol. The molecule has 0 aromatic carbocycles. The van der Waals surface area contributed by atoms with Crippen molar-refractivity contribution in [2.45, 2.75) is 0 Å². The van der Waals surface area contributed by atoms with Crippen molar-refractivity contribution in [3.63, 3.8) is 0 Å². The van der Waals surface area contributed by atoms with Gasteiger partial charge in [-0.2, -0.15) is 0 Å². The first kappa shape index (κ1) is 6.54. The number of hydrogen-bond acceptors (Lipinski definition) is 1. The van der Waals surface area contributed by atoms with E-state index in [0.717, 1.165) is 13.2 Å². The van der Waals surface area contributed by atoms with Gasteiger partial charge in [-0.25, -0.2) is 0 Å². The summed E-state index contributed by atoms with van der Waals surface area (Å²) in [5.74, 6) is 0. The van der Waals surface area contributed by atoms with E-state index in [2.05, 4.69) is 4.74 Å². The molecular formula is C3H6Cl2O. The van der Waals surface area contributed by atoms with Crippen LogP contribution in [0.4, 0.5) is 0 Å². The van der Waals surface area contributed by atoms with Gasteiger partial charge in [0, 0.05) is 0 Å². The van der Waals surface area contributed by atoms with Crippen molar-refractivity contribution in [3.05, 3.63) is 0 Å². The highest BCUT2D eigenvalue weighted by molar-refractivity contribution is 6.40. The highest BCUT2D eigenvalue weighted by Gasteiger charge is 1.94. The van der Waals surface area contributed by atoms with Crippen LogP contribution in [-0.4, -0.2) is 18.6 Å². The number of alkyl halides is 2.